The van der Waals surface area contributed by atoms with Crippen molar-refractivity contribution < 1.29 is 22.0 Å². The third-order valence-corrected chi connectivity index (χ3v) is 7.87. The molecule has 2 aliphatic heterocycles. The van der Waals surface area contributed by atoms with Gasteiger partial charge >= 0.3 is 0 Å². The molecule has 31 heavy (non-hydrogen) atoms. The summed E-state index contributed by atoms with van der Waals surface area (Å²) in [5, 5.41) is 0. The first-order valence-electron chi connectivity index (χ1n) is 10.4. The number of halogens is 2. The molecule has 2 fully saturated rings. The monoisotopic (exact) mass is 449 g/mol. The average Bonchev–Trinajstić information content (AvgIpc) is 3.22. The second kappa shape index (κ2) is 9.02. The molecule has 166 valence electrons. The summed E-state index contributed by atoms with van der Waals surface area (Å²) in [6.07, 6.45) is 1.73. The third kappa shape index (κ3) is 4.63. The second-order valence-electron chi connectivity index (χ2n) is 7.92. The molecule has 2 saturated heterocycles. The second-order valence-corrected chi connectivity index (χ2v) is 9.82. The molecule has 0 radical (unpaired) electrons. The van der Waals surface area contributed by atoms with E-state index < -0.39 is 26.6 Å². The van der Waals surface area contributed by atoms with Crippen LogP contribution < -0.4 is 0 Å². The van der Waals surface area contributed by atoms with Crippen molar-refractivity contribution in [2.24, 2.45) is 0 Å². The van der Waals surface area contributed by atoms with Crippen LogP contribution >= 0.6 is 0 Å². The minimum absolute atomic E-state index is 0.0124. The lowest BCUT2D eigenvalue weighted by atomic mass is 10.1. The van der Waals surface area contributed by atoms with Crippen LogP contribution in [-0.4, -0.2) is 67.2 Å². The molecule has 1 amide bonds. The molecular formula is C22H25F2N3O3S. The highest BCUT2D eigenvalue weighted by Gasteiger charge is 2.37. The zero-order chi connectivity index (χ0) is 22.0. The minimum Gasteiger partial charge on any atom is -0.339 e. The Labute approximate surface area is 181 Å². The van der Waals surface area contributed by atoms with Gasteiger partial charge in [-0.25, -0.2) is 17.2 Å². The van der Waals surface area contributed by atoms with E-state index in [2.05, 4.69) is 4.90 Å². The molecule has 1 unspecified atom stereocenters. The van der Waals surface area contributed by atoms with Gasteiger partial charge in [-0.3, -0.25) is 9.69 Å². The van der Waals surface area contributed by atoms with Gasteiger partial charge in [0.1, 0.15) is 16.5 Å². The summed E-state index contributed by atoms with van der Waals surface area (Å²) in [4.78, 5) is 16.5. The Bertz CT molecular complexity index is 1040. The first kappa shape index (κ1) is 21.9. The minimum atomic E-state index is -4.09. The van der Waals surface area contributed by atoms with Gasteiger partial charge in [0.2, 0.25) is 15.9 Å². The molecule has 2 heterocycles. The van der Waals surface area contributed by atoms with Crippen LogP contribution in [0.2, 0.25) is 0 Å². The van der Waals surface area contributed by atoms with E-state index in [1.807, 2.05) is 30.3 Å². The van der Waals surface area contributed by atoms with E-state index in [0.717, 1.165) is 41.4 Å². The number of rotatable bonds is 5. The highest BCUT2D eigenvalue weighted by atomic mass is 32.2. The number of likely N-dealkylation sites (tertiary alicyclic amines) is 1. The van der Waals surface area contributed by atoms with Crippen LogP contribution in [0.3, 0.4) is 0 Å². The van der Waals surface area contributed by atoms with Crippen LogP contribution in [0, 0.1) is 11.6 Å². The summed E-state index contributed by atoms with van der Waals surface area (Å²) < 4.78 is 53.8. The van der Waals surface area contributed by atoms with Gasteiger partial charge in [-0.05, 0) is 37.1 Å². The Morgan fingerprint density at radius 2 is 1.68 bits per heavy atom. The zero-order valence-electron chi connectivity index (χ0n) is 17.1. The number of benzene rings is 2. The normalized spacial score (nSPS) is 20.8. The van der Waals surface area contributed by atoms with Crippen molar-refractivity contribution in [1.29, 1.82) is 0 Å². The maximum Gasteiger partial charge on any atom is 0.246 e. The van der Waals surface area contributed by atoms with Crippen LogP contribution in [0.15, 0.2) is 53.4 Å². The van der Waals surface area contributed by atoms with Crippen LogP contribution in [0.25, 0.3) is 0 Å². The number of piperazine rings is 1. The molecule has 6 nitrogen and oxygen atoms in total. The molecule has 2 aliphatic rings. The Balaban J connectivity index is 1.39. The van der Waals surface area contributed by atoms with Crippen molar-refractivity contribution in [2.75, 3.05) is 32.7 Å². The Morgan fingerprint density at radius 1 is 0.968 bits per heavy atom. The predicted molar refractivity (Wildman–Crippen MR) is 112 cm³/mol. The fourth-order valence-electron chi connectivity index (χ4n) is 4.30. The van der Waals surface area contributed by atoms with Gasteiger partial charge < -0.3 is 4.90 Å². The number of nitrogens with zero attached hydrogens (tertiary/aromatic N) is 3. The Kier molecular flexibility index (Phi) is 6.36. The van der Waals surface area contributed by atoms with Crippen molar-refractivity contribution in [3.05, 3.63) is 65.7 Å². The SMILES string of the molecule is O=C(C1CCCN1Cc1ccccc1)N1CCN(S(=O)(=O)c2ccc(F)cc2F)CC1. The summed E-state index contributed by atoms with van der Waals surface area (Å²) in [5.41, 5.74) is 1.15. The third-order valence-electron chi connectivity index (χ3n) is 5.94. The van der Waals surface area contributed by atoms with E-state index in [9.17, 15) is 22.0 Å². The van der Waals surface area contributed by atoms with E-state index in [1.54, 1.807) is 4.90 Å². The average molecular weight is 450 g/mol. The summed E-state index contributed by atoms with van der Waals surface area (Å²) in [5.74, 6) is -1.93. The molecule has 1 atom stereocenters. The lowest BCUT2D eigenvalue weighted by Gasteiger charge is -2.36. The van der Waals surface area contributed by atoms with Gasteiger partial charge in [0.15, 0.2) is 0 Å². The Hall–Kier alpha value is -2.36. The van der Waals surface area contributed by atoms with Crippen molar-refractivity contribution in [2.45, 2.75) is 30.3 Å². The van der Waals surface area contributed by atoms with E-state index in [1.165, 1.54) is 0 Å². The maximum absolute atomic E-state index is 14.0. The van der Waals surface area contributed by atoms with Gasteiger partial charge in [-0.1, -0.05) is 30.3 Å². The van der Waals surface area contributed by atoms with Gasteiger partial charge in [-0.15, -0.1) is 0 Å². The van der Waals surface area contributed by atoms with E-state index in [4.69, 9.17) is 0 Å². The lowest BCUT2D eigenvalue weighted by Crippen LogP contribution is -2.54. The summed E-state index contributed by atoms with van der Waals surface area (Å²) in [6.45, 7) is 2.21. The lowest BCUT2D eigenvalue weighted by molar-refractivity contribution is -0.137. The van der Waals surface area contributed by atoms with Crippen LogP contribution in [0.5, 0.6) is 0 Å². The fourth-order valence-corrected chi connectivity index (χ4v) is 5.76. The quantitative estimate of drug-likeness (QED) is 0.704. The summed E-state index contributed by atoms with van der Waals surface area (Å²) in [7, 11) is -4.09. The van der Waals surface area contributed by atoms with Gasteiger partial charge in [0.05, 0.1) is 6.04 Å². The predicted octanol–water partition coefficient (Wildman–Crippen LogP) is 2.46. The highest BCUT2D eigenvalue weighted by molar-refractivity contribution is 7.89. The Morgan fingerprint density at radius 3 is 2.35 bits per heavy atom. The van der Waals surface area contributed by atoms with E-state index in [-0.39, 0.29) is 38.1 Å². The van der Waals surface area contributed by atoms with E-state index >= 15 is 0 Å². The molecule has 0 N–H and O–H groups in total. The van der Waals surface area contributed by atoms with Gasteiger partial charge in [0.25, 0.3) is 0 Å². The molecule has 4 rings (SSSR count). The van der Waals surface area contributed by atoms with Crippen LogP contribution in [-0.2, 0) is 21.4 Å². The van der Waals surface area contributed by atoms with Crippen molar-refractivity contribution in [1.82, 2.24) is 14.1 Å². The first-order chi connectivity index (χ1) is 14.9. The van der Waals surface area contributed by atoms with Crippen molar-refractivity contribution in [3.8, 4) is 0 Å². The summed E-state index contributed by atoms with van der Waals surface area (Å²) >= 11 is 0. The zero-order valence-corrected chi connectivity index (χ0v) is 17.9. The molecule has 2 aromatic rings. The molecule has 2 aromatic carbocycles. The number of carbonyl (C=O) groups excluding carboxylic acids is 1. The first-order valence-corrected chi connectivity index (χ1v) is 11.8. The number of amides is 1. The standard InChI is InChI=1S/C22H25F2N3O3S/c23-18-8-9-21(19(24)15-18)31(29,30)27-13-11-25(12-14-27)22(28)20-7-4-10-26(20)16-17-5-2-1-3-6-17/h1-3,5-6,8-9,15,20H,4,7,10-14,16H2. The van der Waals surface area contributed by atoms with Crippen LogP contribution in [0.4, 0.5) is 8.78 Å². The number of hydrogen-bond acceptors (Lipinski definition) is 4. The smallest absolute Gasteiger partial charge is 0.246 e. The molecule has 0 aromatic heterocycles. The van der Waals surface area contributed by atoms with Crippen molar-refractivity contribution >= 4 is 15.9 Å². The van der Waals surface area contributed by atoms with E-state index in [0.29, 0.717) is 12.6 Å². The van der Waals surface area contributed by atoms with Crippen molar-refractivity contribution in [3.63, 3.8) is 0 Å². The highest BCUT2D eigenvalue weighted by Crippen LogP contribution is 2.25. The fraction of sp³-hybridized carbons (Fsp3) is 0.409. The van der Waals surface area contributed by atoms with Gasteiger partial charge in [-0.2, -0.15) is 4.31 Å². The molecule has 0 saturated carbocycles. The summed E-state index contributed by atoms with van der Waals surface area (Å²) in [6, 6.07) is 12.2. The largest absolute Gasteiger partial charge is 0.339 e. The topological polar surface area (TPSA) is 60.9 Å². The number of sulfonamides is 1. The van der Waals surface area contributed by atoms with Gasteiger partial charge in [0, 0.05) is 38.8 Å². The molecule has 0 aliphatic carbocycles. The van der Waals surface area contributed by atoms with Crippen LogP contribution in [0.1, 0.15) is 18.4 Å². The number of carbonyl (C=O) groups is 1. The maximum atomic E-state index is 14.0. The number of hydrogen-bond donors (Lipinski definition) is 0. The molecular weight excluding hydrogens is 424 g/mol. The molecule has 0 spiro atoms. The molecule has 9 heteroatoms. The molecule has 0 bridgehead atoms.